The average Bonchev–Trinajstić information content (AvgIpc) is 3.66. The fraction of sp³-hybridized carbons (Fsp3) is 0.0769. The minimum atomic E-state index is -0.495. The third-order valence-electron chi connectivity index (χ3n) is 12.6. The molecule has 0 saturated heterocycles. The number of nitrogens with zero attached hydrogens (tertiary/aromatic N) is 2. The second-order valence-corrected chi connectivity index (χ2v) is 16.7. The fourth-order valence-electron chi connectivity index (χ4n) is 10.4. The number of hydrogen-bond acceptors (Lipinski definition) is 3. The molecule has 8 aromatic rings. The molecule has 0 amide bonds. The molecule has 4 aliphatic rings. The van der Waals surface area contributed by atoms with E-state index in [-0.39, 0.29) is 5.41 Å². The van der Waals surface area contributed by atoms with Gasteiger partial charge in [0, 0.05) is 32.1 Å². The van der Waals surface area contributed by atoms with E-state index < -0.39 is 5.41 Å². The summed E-state index contributed by atoms with van der Waals surface area (Å²) in [5.74, 6) is 0. The largest absolute Gasteiger partial charge is 0.310 e. The number of benzene rings is 8. The summed E-state index contributed by atoms with van der Waals surface area (Å²) in [5, 5.41) is 0. The lowest BCUT2D eigenvalue weighted by Crippen LogP contribution is -2.36. The molecule has 55 heavy (non-hydrogen) atoms. The molecule has 2 nitrogen and oxygen atoms in total. The molecular weight excluding hydrogens is 685 g/mol. The van der Waals surface area contributed by atoms with E-state index >= 15 is 0 Å². The van der Waals surface area contributed by atoms with E-state index in [2.05, 4.69) is 206 Å². The Morgan fingerprint density at radius 1 is 0.382 bits per heavy atom. The Bertz CT molecular complexity index is 2860. The standard InChI is InChI=1S/C52H36N2S/c1-51(2)38-20-8-6-18-35(38)36-29-28-34(32-43(36)51)54-46-26-14-15-27-48(46)55-50-47(54)31-30-42-49(50)37-19-7-9-21-39(37)52(42)40-22-10-12-24-44(40)53(33-16-4-3-5-17-33)45-25-13-11-23-41(45)52/h3-32H,1-2H3. The van der Waals surface area contributed by atoms with Crippen molar-refractivity contribution in [1.29, 1.82) is 0 Å². The van der Waals surface area contributed by atoms with Crippen molar-refractivity contribution in [2.24, 2.45) is 0 Å². The van der Waals surface area contributed by atoms with E-state index in [1.165, 1.54) is 93.9 Å². The van der Waals surface area contributed by atoms with Crippen molar-refractivity contribution in [2.75, 3.05) is 9.80 Å². The van der Waals surface area contributed by atoms with Crippen LogP contribution in [0.4, 0.5) is 34.1 Å². The third kappa shape index (κ3) is 3.96. The third-order valence-corrected chi connectivity index (χ3v) is 13.8. The molecule has 2 heterocycles. The van der Waals surface area contributed by atoms with Crippen molar-refractivity contribution in [3.05, 3.63) is 215 Å². The van der Waals surface area contributed by atoms with Crippen molar-refractivity contribution in [1.82, 2.24) is 0 Å². The summed E-state index contributed by atoms with van der Waals surface area (Å²) < 4.78 is 0. The first-order valence-electron chi connectivity index (χ1n) is 19.2. The molecule has 0 saturated carbocycles. The van der Waals surface area contributed by atoms with Crippen LogP contribution in [0.15, 0.2) is 192 Å². The molecular formula is C52H36N2S. The highest BCUT2D eigenvalue weighted by atomic mass is 32.2. The van der Waals surface area contributed by atoms with Gasteiger partial charge < -0.3 is 9.80 Å². The zero-order valence-electron chi connectivity index (χ0n) is 30.6. The zero-order valence-corrected chi connectivity index (χ0v) is 31.4. The van der Waals surface area contributed by atoms with Crippen LogP contribution < -0.4 is 9.80 Å². The maximum absolute atomic E-state index is 2.52. The van der Waals surface area contributed by atoms with E-state index in [1.807, 2.05) is 11.8 Å². The molecule has 0 bridgehead atoms. The smallest absolute Gasteiger partial charge is 0.0754 e. The second-order valence-electron chi connectivity index (χ2n) is 15.6. The summed E-state index contributed by atoms with van der Waals surface area (Å²) >= 11 is 1.92. The van der Waals surface area contributed by atoms with Crippen LogP contribution in [0.2, 0.25) is 0 Å². The van der Waals surface area contributed by atoms with Crippen LogP contribution >= 0.6 is 11.8 Å². The lowest BCUT2D eigenvalue weighted by molar-refractivity contribution is 0.660. The number of fused-ring (bicyclic) bond motifs is 15. The van der Waals surface area contributed by atoms with Crippen molar-refractivity contribution >= 4 is 45.9 Å². The van der Waals surface area contributed by atoms with Crippen LogP contribution in [0.25, 0.3) is 22.3 Å². The second kappa shape index (κ2) is 11.1. The zero-order chi connectivity index (χ0) is 36.5. The monoisotopic (exact) mass is 720 g/mol. The predicted octanol–water partition coefficient (Wildman–Crippen LogP) is 14.1. The molecule has 2 aliphatic heterocycles. The van der Waals surface area contributed by atoms with Crippen molar-refractivity contribution in [3.63, 3.8) is 0 Å². The Kier molecular flexibility index (Phi) is 6.29. The van der Waals surface area contributed by atoms with Gasteiger partial charge in [0.25, 0.3) is 0 Å². The normalized spacial score (nSPS) is 15.6. The first kappa shape index (κ1) is 31.1. The van der Waals surface area contributed by atoms with Gasteiger partial charge in [0.1, 0.15) is 0 Å². The SMILES string of the molecule is CC1(C)c2ccccc2-c2ccc(N3c4ccccc4Sc4c3ccc3c4-c4ccccc4C34c3ccccc3N(c3ccccc3)c3ccccc34)cc21. The van der Waals surface area contributed by atoms with E-state index in [9.17, 15) is 0 Å². The Morgan fingerprint density at radius 3 is 1.69 bits per heavy atom. The van der Waals surface area contributed by atoms with E-state index in [4.69, 9.17) is 0 Å². The summed E-state index contributed by atoms with van der Waals surface area (Å²) in [7, 11) is 0. The van der Waals surface area contributed by atoms with Crippen LogP contribution in [0.5, 0.6) is 0 Å². The van der Waals surface area contributed by atoms with E-state index in [0.717, 1.165) is 5.69 Å². The number of para-hydroxylation sites is 4. The van der Waals surface area contributed by atoms with Crippen LogP contribution in [-0.4, -0.2) is 0 Å². The molecule has 0 radical (unpaired) electrons. The summed E-state index contributed by atoms with van der Waals surface area (Å²) in [5.41, 5.74) is 20.1. The molecule has 8 aromatic carbocycles. The molecule has 0 fully saturated rings. The summed E-state index contributed by atoms with van der Waals surface area (Å²) in [6.45, 7) is 4.74. The maximum Gasteiger partial charge on any atom is 0.0754 e. The van der Waals surface area contributed by atoms with E-state index in [1.54, 1.807) is 0 Å². The molecule has 260 valence electrons. The van der Waals surface area contributed by atoms with Gasteiger partial charge in [0.2, 0.25) is 0 Å². The molecule has 12 rings (SSSR count). The average molecular weight is 721 g/mol. The van der Waals surface area contributed by atoms with Gasteiger partial charge in [-0.1, -0.05) is 153 Å². The maximum atomic E-state index is 2.52. The van der Waals surface area contributed by atoms with Crippen LogP contribution in [0.1, 0.15) is 47.2 Å². The Balaban J connectivity index is 1.13. The van der Waals surface area contributed by atoms with Gasteiger partial charge in [0.05, 0.1) is 28.2 Å². The van der Waals surface area contributed by atoms with Gasteiger partial charge in [-0.2, -0.15) is 0 Å². The Morgan fingerprint density at radius 2 is 0.945 bits per heavy atom. The lowest BCUT2D eigenvalue weighted by atomic mass is 9.64. The van der Waals surface area contributed by atoms with Crippen LogP contribution in [0.3, 0.4) is 0 Å². The summed E-state index contributed by atoms with van der Waals surface area (Å²) in [6, 6.07) is 68.0. The van der Waals surface area contributed by atoms with Gasteiger partial charge in [-0.05, 0) is 105 Å². The van der Waals surface area contributed by atoms with Gasteiger partial charge >= 0.3 is 0 Å². The molecule has 1 spiro atoms. The van der Waals surface area contributed by atoms with Gasteiger partial charge in [-0.3, -0.25) is 0 Å². The number of hydrogen-bond donors (Lipinski definition) is 0. The summed E-state index contributed by atoms with van der Waals surface area (Å²) in [6.07, 6.45) is 0. The highest BCUT2D eigenvalue weighted by molar-refractivity contribution is 8.00. The van der Waals surface area contributed by atoms with Crippen LogP contribution in [-0.2, 0) is 10.8 Å². The fourth-order valence-corrected chi connectivity index (χ4v) is 11.6. The number of anilines is 6. The van der Waals surface area contributed by atoms with Gasteiger partial charge in [0.15, 0.2) is 0 Å². The number of rotatable bonds is 2. The van der Waals surface area contributed by atoms with Crippen molar-refractivity contribution in [3.8, 4) is 22.3 Å². The predicted molar refractivity (Wildman–Crippen MR) is 228 cm³/mol. The highest BCUT2D eigenvalue weighted by Gasteiger charge is 2.53. The molecule has 2 aliphatic carbocycles. The topological polar surface area (TPSA) is 6.48 Å². The minimum absolute atomic E-state index is 0.0898. The molecule has 0 atom stereocenters. The van der Waals surface area contributed by atoms with Gasteiger partial charge in [-0.25, -0.2) is 0 Å². The lowest BCUT2D eigenvalue weighted by Gasteiger charge is -2.45. The Labute approximate surface area is 326 Å². The van der Waals surface area contributed by atoms with Crippen molar-refractivity contribution < 1.29 is 0 Å². The van der Waals surface area contributed by atoms with E-state index in [0.29, 0.717) is 0 Å². The Hall–Kier alpha value is -6.29. The first-order chi connectivity index (χ1) is 27.1. The molecule has 3 heteroatoms. The molecule has 0 aromatic heterocycles. The summed E-state index contributed by atoms with van der Waals surface area (Å²) in [4.78, 5) is 7.55. The minimum Gasteiger partial charge on any atom is -0.310 e. The molecule has 0 N–H and O–H groups in total. The van der Waals surface area contributed by atoms with Crippen LogP contribution in [0, 0.1) is 0 Å². The molecule has 0 unspecified atom stereocenters. The first-order valence-corrected chi connectivity index (χ1v) is 20.0. The quantitative estimate of drug-likeness (QED) is 0.176. The van der Waals surface area contributed by atoms with Crippen molar-refractivity contribution in [2.45, 2.75) is 34.5 Å². The van der Waals surface area contributed by atoms with Gasteiger partial charge in [-0.15, -0.1) is 0 Å². The highest BCUT2D eigenvalue weighted by Crippen LogP contribution is 2.67.